The van der Waals surface area contributed by atoms with Crippen molar-refractivity contribution in [2.24, 2.45) is 13.0 Å². The summed E-state index contributed by atoms with van der Waals surface area (Å²) >= 11 is 1.59. The zero-order chi connectivity index (χ0) is 17.2. The Morgan fingerprint density at radius 1 is 1.24 bits per heavy atom. The van der Waals surface area contributed by atoms with Gasteiger partial charge in [0.05, 0.1) is 11.3 Å². The lowest BCUT2D eigenvalue weighted by atomic mass is 9.98. The predicted octanol–water partition coefficient (Wildman–Crippen LogP) is 3.86. The second-order valence-corrected chi connectivity index (χ2v) is 8.09. The number of hydrogen-bond acceptors (Lipinski definition) is 5. The predicted molar refractivity (Wildman–Crippen MR) is 99.4 cm³/mol. The zero-order valence-corrected chi connectivity index (χ0v) is 14.9. The third-order valence-corrected chi connectivity index (χ3v) is 6.29. The van der Waals surface area contributed by atoms with Crippen LogP contribution in [0, 0.1) is 5.92 Å². The SMILES string of the molecule is Cn1cc2cc(-c3ccc4cc([C@@](C)(O)C5CC5)sc4n3)cnc2n1. The molecule has 0 spiro atoms. The Morgan fingerprint density at radius 3 is 2.88 bits per heavy atom. The second-order valence-electron chi connectivity index (χ2n) is 7.06. The molecule has 1 atom stereocenters. The smallest absolute Gasteiger partial charge is 0.181 e. The van der Waals surface area contributed by atoms with Crippen LogP contribution >= 0.6 is 11.3 Å². The van der Waals surface area contributed by atoms with E-state index in [0.717, 1.165) is 50.2 Å². The average molecular weight is 350 g/mol. The molecule has 0 amide bonds. The number of nitrogens with zero attached hydrogens (tertiary/aromatic N) is 4. The molecule has 4 aromatic rings. The van der Waals surface area contributed by atoms with Gasteiger partial charge in [0.25, 0.3) is 0 Å². The van der Waals surface area contributed by atoms with Crippen molar-refractivity contribution in [3.05, 3.63) is 41.5 Å². The summed E-state index contributed by atoms with van der Waals surface area (Å²) in [4.78, 5) is 11.2. The number of aromatic nitrogens is 4. The van der Waals surface area contributed by atoms with Gasteiger partial charge in [0, 0.05) is 40.7 Å². The Bertz CT molecular complexity index is 1110. The van der Waals surface area contributed by atoms with Crippen molar-refractivity contribution in [3.63, 3.8) is 0 Å². The molecule has 0 aromatic carbocycles. The molecule has 0 bridgehead atoms. The van der Waals surface area contributed by atoms with Gasteiger partial charge in [0.2, 0.25) is 0 Å². The van der Waals surface area contributed by atoms with Crippen molar-refractivity contribution in [1.29, 1.82) is 0 Å². The summed E-state index contributed by atoms with van der Waals surface area (Å²) in [5, 5.41) is 17.2. The number of aryl methyl sites for hydroxylation is 1. The van der Waals surface area contributed by atoms with Crippen molar-refractivity contribution < 1.29 is 5.11 Å². The van der Waals surface area contributed by atoms with E-state index in [2.05, 4.69) is 28.3 Å². The first kappa shape index (κ1) is 15.0. The molecular weight excluding hydrogens is 332 g/mol. The van der Waals surface area contributed by atoms with Crippen LogP contribution in [0.15, 0.2) is 36.7 Å². The average Bonchev–Trinajstić information content (AvgIpc) is 3.25. The summed E-state index contributed by atoms with van der Waals surface area (Å²) in [6, 6.07) is 8.24. The van der Waals surface area contributed by atoms with Gasteiger partial charge in [0.15, 0.2) is 5.65 Å². The molecule has 25 heavy (non-hydrogen) atoms. The summed E-state index contributed by atoms with van der Waals surface area (Å²) < 4.78 is 1.77. The van der Waals surface area contributed by atoms with E-state index in [4.69, 9.17) is 4.98 Å². The fraction of sp³-hybridized carbons (Fsp3) is 0.316. The normalized spacial score (nSPS) is 17.2. The van der Waals surface area contributed by atoms with Gasteiger partial charge in [-0.1, -0.05) is 0 Å². The van der Waals surface area contributed by atoms with Crippen LogP contribution in [-0.4, -0.2) is 24.9 Å². The molecule has 1 saturated carbocycles. The van der Waals surface area contributed by atoms with Crippen molar-refractivity contribution in [1.82, 2.24) is 19.7 Å². The first-order valence-corrected chi connectivity index (χ1v) is 9.25. The fourth-order valence-electron chi connectivity index (χ4n) is 3.35. The van der Waals surface area contributed by atoms with Crippen LogP contribution in [0.2, 0.25) is 0 Å². The molecule has 4 aromatic heterocycles. The molecule has 5 rings (SSSR count). The maximum Gasteiger partial charge on any atom is 0.181 e. The second kappa shape index (κ2) is 5.09. The quantitative estimate of drug-likeness (QED) is 0.609. The molecule has 1 N–H and O–H groups in total. The van der Waals surface area contributed by atoms with E-state index >= 15 is 0 Å². The zero-order valence-electron chi connectivity index (χ0n) is 14.1. The molecule has 1 aliphatic carbocycles. The molecule has 0 aliphatic heterocycles. The van der Waals surface area contributed by atoms with Gasteiger partial charge in [-0.3, -0.25) is 4.68 Å². The highest BCUT2D eigenvalue weighted by Gasteiger charge is 2.42. The standard InChI is InChI=1S/C19H18N4OS/c1-19(24,14-4-5-14)16-8-11-3-6-15(21-18(11)25-16)12-7-13-10-23(2)22-17(13)20-9-12/h3,6-10,14,24H,4-5H2,1-2H3/t19-/m0/s1. The highest BCUT2D eigenvalue weighted by atomic mass is 32.1. The van der Waals surface area contributed by atoms with Crippen molar-refractivity contribution in [2.75, 3.05) is 0 Å². The van der Waals surface area contributed by atoms with Gasteiger partial charge in [-0.15, -0.1) is 11.3 Å². The molecule has 5 nitrogen and oxygen atoms in total. The number of rotatable bonds is 3. The van der Waals surface area contributed by atoms with Gasteiger partial charge in [-0.25, -0.2) is 9.97 Å². The highest BCUT2D eigenvalue weighted by Crippen LogP contribution is 2.48. The summed E-state index contributed by atoms with van der Waals surface area (Å²) in [6.45, 7) is 1.93. The Labute approximate surface area is 149 Å². The van der Waals surface area contributed by atoms with Crippen LogP contribution in [0.25, 0.3) is 32.5 Å². The van der Waals surface area contributed by atoms with Crippen molar-refractivity contribution in [2.45, 2.75) is 25.4 Å². The van der Waals surface area contributed by atoms with E-state index in [1.807, 2.05) is 32.4 Å². The number of aliphatic hydroxyl groups is 1. The molecule has 6 heteroatoms. The van der Waals surface area contributed by atoms with E-state index in [1.165, 1.54) is 0 Å². The first-order chi connectivity index (χ1) is 12.0. The molecule has 4 heterocycles. The van der Waals surface area contributed by atoms with E-state index in [9.17, 15) is 5.11 Å². The summed E-state index contributed by atoms with van der Waals surface area (Å²) in [5.74, 6) is 0.386. The van der Waals surface area contributed by atoms with E-state index < -0.39 is 5.60 Å². The monoisotopic (exact) mass is 350 g/mol. The first-order valence-electron chi connectivity index (χ1n) is 8.44. The van der Waals surface area contributed by atoms with Gasteiger partial charge in [0.1, 0.15) is 4.83 Å². The number of hydrogen-bond donors (Lipinski definition) is 1. The van der Waals surface area contributed by atoms with Crippen LogP contribution in [-0.2, 0) is 12.6 Å². The molecule has 126 valence electrons. The lowest BCUT2D eigenvalue weighted by molar-refractivity contribution is 0.0369. The molecule has 1 aliphatic rings. The summed E-state index contributed by atoms with van der Waals surface area (Å²) in [7, 11) is 1.89. The molecule has 0 unspecified atom stereocenters. The maximum absolute atomic E-state index is 10.8. The Hall–Kier alpha value is -2.31. The minimum absolute atomic E-state index is 0.386. The van der Waals surface area contributed by atoms with Gasteiger partial charge in [-0.05, 0) is 49.9 Å². The molecule has 0 saturated heterocycles. The molecule has 0 radical (unpaired) electrons. The third kappa shape index (κ3) is 2.44. The lowest BCUT2D eigenvalue weighted by Gasteiger charge is -2.20. The van der Waals surface area contributed by atoms with Crippen LogP contribution in [0.4, 0.5) is 0 Å². The number of thiophene rings is 1. The Morgan fingerprint density at radius 2 is 2.08 bits per heavy atom. The minimum atomic E-state index is -0.734. The van der Waals surface area contributed by atoms with Gasteiger partial charge < -0.3 is 5.11 Å². The van der Waals surface area contributed by atoms with Crippen LogP contribution < -0.4 is 0 Å². The van der Waals surface area contributed by atoms with Crippen LogP contribution in [0.1, 0.15) is 24.6 Å². The van der Waals surface area contributed by atoms with Gasteiger partial charge >= 0.3 is 0 Å². The Balaban J connectivity index is 1.59. The largest absolute Gasteiger partial charge is 0.384 e. The summed E-state index contributed by atoms with van der Waals surface area (Å²) in [5.41, 5.74) is 1.88. The van der Waals surface area contributed by atoms with E-state index in [1.54, 1.807) is 16.0 Å². The minimum Gasteiger partial charge on any atom is -0.384 e. The number of pyridine rings is 2. The van der Waals surface area contributed by atoms with Crippen molar-refractivity contribution >= 4 is 32.6 Å². The van der Waals surface area contributed by atoms with E-state index in [-0.39, 0.29) is 0 Å². The highest BCUT2D eigenvalue weighted by molar-refractivity contribution is 7.18. The number of fused-ring (bicyclic) bond motifs is 2. The van der Waals surface area contributed by atoms with Crippen LogP contribution in [0.5, 0.6) is 0 Å². The third-order valence-electron chi connectivity index (χ3n) is 5.02. The van der Waals surface area contributed by atoms with E-state index in [0.29, 0.717) is 5.92 Å². The van der Waals surface area contributed by atoms with Crippen molar-refractivity contribution in [3.8, 4) is 11.3 Å². The molecule has 1 fully saturated rings. The fourth-order valence-corrected chi connectivity index (χ4v) is 4.50. The molecular formula is C19H18N4OS. The lowest BCUT2D eigenvalue weighted by Crippen LogP contribution is -2.21. The summed E-state index contributed by atoms with van der Waals surface area (Å²) in [6.07, 6.45) is 5.99. The topological polar surface area (TPSA) is 63.8 Å². The maximum atomic E-state index is 10.8. The van der Waals surface area contributed by atoms with Crippen LogP contribution in [0.3, 0.4) is 0 Å². The van der Waals surface area contributed by atoms with Gasteiger partial charge in [-0.2, -0.15) is 5.10 Å². The Kier molecular flexibility index (Phi) is 3.05.